The summed E-state index contributed by atoms with van der Waals surface area (Å²) in [4.78, 5) is 32.2. The molecule has 278 valence electrons. The number of anilines is 1. The summed E-state index contributed by atoms with van der Waals surface area (Å²) < 4.78 is 15.3. The molecule has 0 bridgehead atoms. The van der Waals surface area contributed by atoms with Crippen LogP contribution in [0.4, 0.5) is 5.69 Å². The lowest BCUT2D eigenvalue weighted by Gasteiger charge is -2.23. The summed E-state index contributed by atoms with van der Waals surface area (Å²) in [5.41, 5.74) is 8.10. The van der Waals surface area contributed by atoms with Crippen molar-refractivity contribution < 1.29 is 13.9 Å². The summed E-state index contributed by atoms with van der Waals surface area (Å²) >= 11 is 0. The van der Waals surface area contributed by atoms with Gasteiger partial charge in [-0.3, -0.25) is 14.8 Å². The number of ether oxygens (including phenoxy) is 1. The first-order valence-electron chi connectivity index (χ1n) is 19.1. The third-order valence-corrected chi connectivity index (χ3v) is 10.1. The first-order chi connectivity index (χ1) is 26.9. The van der Waals surface area contributed by atoms with Gasteiger partial charge in [-0.05, 0) is 81.8 Å². The molecule has 0 atom stereocenters. The van der Waals surface area contributed by atoms with E-state index >= 15 is 0 Å². The number of fused-ring (bicyclic) bond motifs is 2. The summed E-state index contributed by atoms with van der Waals surface area (Å²) in [5.74, 6) is 1.30. The number of carbonyl (C=O) groups excluding carboxylic acids is 1. The fourth-order valence-corrected chi connectivity index (χ4v) is 7.10. The van der Waals surface area contributed by atoms with Gasteiger partial charge in [-0.1, -0.05) is 30.3 Å². The van der Waals surface area contributed by atoms with E-state index in [2.05, 4.69) is 83.5 Å². The first kappa shape index (κ1) is 37.0. The summed E-state index contributed by atoms with van der Waals surface area (Å²) in [6.07, 6.45) is 3.48. The van der Waals surface area contributed by atoms with Crippen molar-refractivity contribution >= 4 is 22.6 Å². The number of amides is 1. The van der Waals surface area contributed by atoms with Crippen LogP contribution in [-0.2, 0) is 0 Å². The predicted molar refractivity (Wildman–Crippen MR) is 221 cm³/mol. The third-order valence-electron chi connectivity index (χ3n) is 10.1. The van der Waals surface area contributed by atoms with Crippen LogP contribution in [0.1, 0.15) is 38.1 Å². The molecule has 2 aliphatic rings. The maximum Gasteiger partial charge on any atom is 0.254 e. The number of aromatic nitrogens is 3. The molecule has 9 nitrogen and oxygen atoms in total. The summed E-state index contributed by atoms with van der Waals surface area (Å²) in [6.45, 7) is 12.8. The van der Waals surface area contributed by atoms with Crippen LogP contribution in [0.25, 0.3) is 56.2 Å². The summed E-state index contributed by atoms with van der Waals surface area (Å²) in [6, 6.07) is 35.9. The van der Waals surface area contributed by atoms with Crippen molar-refractivity contribution in [3.05, 3.63) is 133 Å². The van der Waals surface area contributed by atoms with E-state index < -0.39 is 0 Å². The maximum atomic E-state index is 14.4. The van der Waals surface area contributed by atoms with E-state index in [4.69, 9.17) is 14.1 Å². The fraction of sp³-hybridized carbons (Fsp3) is 0.239. The monoisotopic (exact) mass is 731 g/mol. The molecule has 0 saturated heterocycles. The van der Waals surface area contributed by atoms with Crippen molar-refractivity contribution in [2.45, 2.75) is 27.7 Å². The zero-order valence-electron chi connectivity index (χ0n) is 32.2. The van der Waals surface area contributed by atoms with Crippen LogP contribution >= 0.6 is 0 Å². The lowest BCUT2D eigenvalue weighted by molar-refractivity contribution is 0.0774. The molecule has 0 fully saturated rings. The Kier molecular flexibility index (Phi) is 11.3. The van der Waals surface area contributed by atoms with Crippen LogP contribution in [0.3, 0.4) is 0 Å². The number of likely N-dealkylation sites (N-methyl/N-ethyl adjacent to an activating group) is 1. The quantitative estimate of drug-likeness (QED) is 0.0868. The number of carbonyl (C=O) groups is 1. The average molecular weight is 732 g/mol. The minimum absolute atomic E-state index is 0.0982. The molecule has 7 rings (SSSR count). The standard InChI is InChI=1S/C46H47N6O3/c1-6-51(7-2)32-20-22-37-43(28-32)55-44-29-33(52(8-3)9-4)21-23-38(44)45(37)35-16-10-11-17-36(35)46(53)50(5)26-27-54-34-30-41(39-18-12-14-24-47-39)49-42(31-34)40-19-13-15-25-48-40/h10-25,28-31H,6-9,26-27H2,1-5H3/q+1. The highest BCUT2D eigenvalue weighted by atomic mass is 16.5. The second kappa shape index (κ2) is 16.8. The topological polar surface area (TPSA) is 87.6 Å². The zero-order chi connectivity index (χ0) is 38.3. The van der Waals surface area contributed by atoms with Crippen LogP contribution in [-0.4, -0.2) is 72.1 Å². The second-order valence-electron chi connectivity index (χ2n) is 13.3. The van der Waals surface area contributed by atoms with E-state index in [1.54, 1.807) is 17.3 Å². The van der Waals surface area contributed by atoms with Crippen molar-refractivity contribution in [3.63, 3.8) is 0 Å². The Labute approximate surface area is 322 Å². The van der Waals surface area contributed by atoms with Gasteiger partial charge in [0.2, 0.25) is 5.36 Å². The number of pyridine rings is 3. The third kappa shape index (κ3) is 7.82. The van der Waals surface area contributed by atoms with Crippen LogP contribution in [0.15, 0.2) is 126 Å². The Hall–Kier alpha value is -6.35. The van der Waals surface area contributed by atoms with Gasteiger partial charge < -0.3 is 19.0 Å². The molecule has 5 aromatic rings. The van der Waals surface area contributed by atoms with E-state index in [1.807, 2.05) is 79.8 Å². The van der Waals surface area contributed by atoms with Crippen molar-refractivity contribution in [2.24, 2.45) is 0 Å². The molecule has 0 saturated carbocycles. The zero-order valence-corrected chi connectivity index (χ0v) is 32.2. The molecule has 55 heavy (non-hydrogen) atoms. The molecule has 2 aromatic carbocycles. The smallest absolute Gasteiger partial charge is 0.254 e. The van der Waals surface area contributed by atoms with E-state index in [1.165, 1.54) is 0 Å². The Balaban J connectivity index is 1.22. The highest BCUT2D eigenvalue weighted by molar-refractivity contribution is 6.09. The molecule has 0 radical (unpaired) electrons. The summed E-state index contributed by atoms with van der Waals surface area (Å²) in [5, 5.41) is 2.05. The average Bonchev–Trinajstić information content (AvgIpc) is 3.24. The number of hydrogen-bond acceptors (Lipinski definition) is 7. The largest absolute Gasteiger partial charge is 0.492 e. The second-order valence-corrected chi connectivity index (χ2v) is 13.3. The Bertz CT molecular complexity index is 2400. The van der Waals surface area contributed by atoms with Gasteiger partial charge >= 0.3 is 0 Å². The molecule has 0 unspecified atom stereocenters. The Morgan fingerprint density at radius 2 is 1.40 bits per heavy atom. The van der Waals surface area contributed by atoms with Crippen LogP contribution in [0.2, 0.25) is 0 Å². The van der Waals surface area contributed by atoms with Gasteiger partial charge in [0.25, 0.3) is 5.91 Å². The fourth-order valence-electron chi connectivity index (χ4n) is 7.10. The van der Waals surface area contributed by atoms with Gasteiger partial charge in [0.1, 0.15) is 36.8 Å². The minimum atomic E-state index is -0.0982. The molecule has 3 aromatic heterocycles. The molecule has 1 aliphatic carbocycles. The molecule has 4 heterocycles. The molecular formula is C46H47N6O3+. The SMILES string of the molecule is CCN(CC)c1ccc2c(-c3ccccc3C(=O)N(C)CCOc3cc(-c4ccccn4)nc(-c4ccccn4)c3)c3ccc(=[N+](CC)CC)cc-3oc2c1. The lowest BCUT2D eigenvalue weighted by atomic mass is 9.90. The molecule has 0 N–H and O–H groups in total. The van der Waals surface area contributed by atoms with Crippen molar-refractivity contribution in [1.82, 2.24) is 24.4 Å². The van der Waals surface area contributed by atoms with E-state index in [0.717, 1.165) is 82.0 Å². The molecule has 1 aliphatic heterocycles. The van der Waals surface area contributed by atoms with E-state index in [0.29, 0.717) is 29.2 Å². The lowest BCUT2D eigenvalue weighted by Crippen LogP contribution is -2.31. The highest BCUT2D eigenvalue weighted by Crippen LogP contribution is 2.42. The van der Waals surface area contributed by atoms with Gasteiger partial charge in [0, 0.05) is 84.6 Å². The van der Waals surface area contributed by atoms with Gasteiger partial charge in [0.05, 0.1) is 35.4 Å². The number of benzene rings is 3. The van der Waals surface area contributed by atoms with Crippen LogP contribution in [0.5, 0.6) is 5.75 Å². The number of rotatable bonds is 13. The van der Waals surface area contributed by atoms with Crippen molar-refractivity contribution in [3.8, 4) is 51.0 Å². The van der Waals surface area contributed by atoms with Crippen molar-refractivity contribution in [2.75, 3.05) is 51.3 Å². The van der Waals surface area contributed by atoms with Crippen LogP contribution in [0, 0.1) is 0 Å². The number of nitrogens with zero attached hydrogens (tertiary/aromatic N) is 6. The van der Waals surface area contributed by atoms with Gasteiger partial charge in [0.15, 0.2) is 0 Å². The van der Waals surface area contributed by atoms with Crippen molar-refractivity contribution in [1.29, 1.82) is 0 Å². The van der Waals surface area contributed by atoms with E-state index in [-0.39, 0.29) is 12.5 Å². The van der Waals surface area contributed by atoms with Crippen LogP contribution < -0.4 is 19.6 Å². The van der Waals surface area contributed by atoms with Gasteiger partial charge in [-0.15, -0.1) is 0 Å². The maximum absolute atomic E-state index is 14.4. The Morgan fingerprint density at radius 1 is 0.727 bits per heavy atom. The number of hydrogen-bond donors (Lipinski definition) is 0. The van der Waals surface area contributed by atoms with E-state index in [9.17, 15) is 4.79 Å². The molecule has 0 spiro atoms. The minimum Gasteiger partial charge on any atom is -0.492 e. The van der Waals surface area contributed by atoms with Gasteiger partial charge in [-0.25, -0.2) is 9.56 Å². The predicted octanol–water partition coefficient (Wildman–Crippen LogP) is 8.53. The summed E-state index contributed by atoms with van der Waals surface area (Å²) in [7, 11) is 1.82. The first-order valence-corrected chi connectivity index (χ1v) is 19.1. The Morgan fingerprint density at radius 3 is 2.04 bits per heavy atom. The molecular weight excluding hydrogens is 685 g/mol. The molecule has 1 amide bonds. The van der Waals surface area contributed by atoms with Gasteiger partial charge in [-0.2, -0.15) is 0 Å². The molecule has 9 heteroatoms. The highest BCUT2D eigenvalue weighted by Gasteiger charge is 2.24. The normalized spacial score (nSPS) is 11.1.